The fourth-order valence-corrected chi connectivity index (χ4v) is 4.39. The molecule has 2 amide bonds. The van der Waals surface area contributed by atoms with Crippen LogP contribution in [-0.4, -0.2) is 11.1 Å². The summed E-state index contributed by atoms with van der Waals surface area (Å²) in [5, 5.41) is 5.32. The number of carbonyl (C=O) groups is 2. The van der Waals surface area contributed by atoms with E-state index in [1.807, 2.05) is 60.7 Å². The number of nitrogens with one attached hydrogen (secondary N) is 2. The van der Waals surface area contributed by atoms with Crippen LogP contribution < -0.4 is 10.6 Å². The molecule has 0 spiro atoms. The number of amides is 2. The molecule has 1 aliphatic heterocycles. The van der Waals surface area contributed by atoms with Gasteiger partial charge >= 0.3 is 0 Å². The molecule has 0 radical (unpaired) electrons. The van der Waals surface area contributed by atoms with Crippen LogP contribution in [0, 0.1) is 0 Å². The van der Waals surface area contributed by atoms with Crippen molar-refractivity contribution in [2.24, 2.45) is 0 Å². The van der Waals surface area contributed by atoms with E-state index in [1.54, 1.807) is 0 Å². The third-order valence-corrected chi connectivity index (χ3v) is 6.15. The van der Waals surface area contributed by atoms with E-state index in [1.165, 1.54) is 11.1 Å². The van der Waals surface area contributed by atoms with Crippen molar-refractivity contribution in [1.29, 1.82) is 0 Å². The zero-order valence-electron chi connectivity index (χ0n) is 16.0. The van der Waals surface area contributed by atoms with Crippen LogP contribution in [0.5, 0.6) is 0 Å². The van der Waals surface area contributed by atoms with Gasteiger partial charge in [0.1, 0.15) is 5.25 Å². The molecule has 0 saturated carbocycles. The van der Waals surface area contributed by atoms with Gasteiger partial charge in [0, 0.05) is 6.04 Å². The lowest BCUT2D eigenvalue weighted by molar-refractivity contribution is -0.119. The molecule has 1 aliphatic rings. The predicted molar refractivity (Wildman–Crippen MR) is 117 cm³/mol. The third-order valence-electron chi connectivity index (χ3n) is 5.11. The molecule has 3 aromatic carbocycles. The lowest BCUT2D eigenvalue weighted by Crippen LogP contribution is -2.25. The van der Waals surface area contributed by atoms with Gasteiger partial charge in [0.15, 0.2) is 0 Å². The monoisotopic (exact) mass is 402 g/mol. The largest absolute Gasteiger partial charge is 0.300 e. The number of benzene rings is 3. The van der Waals surface area contributed by atoms with Gasteiger partial charge in [-0.25, -0.2) is 0 Å². The van der Waals surface area contributed by atoms with E-state index in [-0.39, 0.29) is 23.2 Å². The Hall–Kier alpha value is -2.89. The fourth-order valence-electron chi connectivity index (χ4n) is 3.56. The van der Waals surface area contributed by atoms with Gasteiger partial charge in [0.2, 0.25) is 5.91 Å². The molecule has 2 N–H and O–H groups in total. The lowest BCUT2D eigenvalue weighted by Gasteiger charge is -2.25. The average Bonchev–Trinajstić information content (AvgIpc) is 3.11. The molecule has 0 aromatic heterocycles. The SMILES string of the molecule is C[C@@H](NC(c1ccccc1)c1ccc(C2SC(=O)NC2=O)cc1)c1ccccc1. The summed E-state index contributed by atoms with van der Waals surface area (Å²) in [6.07, 6.45) is 0. The van der Waals surface area contributed by atoms with Crippen molar-refractivity contribution in [3.8, 4) is 0 Å². The van der Waals surface area contributed by atoms with Gasteiger partial charge in [0.05, 0.1) is 6.04 Å². The van der Waals surface area contributed by atoms with Gasteiger partial charge in [-0.3, -0.25) is 20.2 Å². The van der Waals surface area contributed by atoms with E-state index in [0.717, 1.165) is 22.9 Å². The second-order valence-electron chi connectivity index (χ2n) is 7.08. The van der Waals surface area contributed by atoms with Gasteiger partial charge in [-0.05, 0) is 40.9 Å². The quantitative estimate of drug-likeness (QED) is 0.599. The van der Waals surface area contributed by atoms with Crippen LogP contribution in [0.2, 0.25) is 0 Å². The van der Waals surface area contributed by atoms with Crippen LogP contribution >= 0.6 is 11.8 Å². The summed E-state index contributed by atoms with van der Waals surface area (Å²) in [6, 6.07) is 28.8. The van der Waals surface area contributed by atoms with E-state index in [0.29, 0.717) is 0 Å². The van der Waals surface area contributed by atoms with E-state index in [4.69, 9.17) is 0 Å². The summed E-state index contributed by atoms with van der Waals surface area (Å²) in [4.78, 5) is 23.4. The first-order chi connectivity index (χ1) is 14.1. The van der Waals surface area contributed by atoms with Crippen molar-refractivity contribution in [1.82, 2.24) is 10.6 Å². The molecule has 1 fully saturated rings. The molecular formula is C24H22N2O2S. The number of hydrogen-bond acceptors (Lipinski definition) is 4. The highest BCUT2D eigenvalue weighted by molar-refractivity contribution is 8.15. The van der Waals surface area contributed by atoms with Crippen molar-refractivity contribution in [3.05, 3.63) is 107 Å². The molecule has 5 heteroatoms. The second kappa shape index (κ2) is 8.64. The minimum absolute atomic E-state index is 0.00662. The molecule has 4 rings (SSSR count). The molecular weight excluding hydrogens is 380 g/mol. The van der Waals surface area contributed by atoms with Gasteiger partial charge in [-0.1, -0.05) is 84.9 Å². The van der Waals surface area contributed by atoms with Gasteiger partial charge in [-0.2, -0.15) is 0 Å². The molecule has 1 saturated heterocycles. The zero-order valence-corrected chi connectivity index (χ0v) is 16.9. The Balaban J connectivity index is 1.61. The van der Waals surface area contributed by atoms with Crippen LogP contribution in [0.3, 0.4) is 0 Å². The van der Waals surface area contributed by atoms with Gasteiger partial charge < -0.3 is 0 Å². The van der Waals surface area contributed by atoms with E-state index in [9.17, 15) is 9.59 Å². The summed E-state index contributed by atoms with van der Waals surface area (Å²) >= 11 is 1.03. The average molecular weight is 403 g/mol. The predicted octanol–water partition coefficient (Wildman–Crippen LogP) is 5.15. The highest BCUT2D eigenvalue weighted by Crippen LogP contribution is 2.35. The third kappa shape index (κ3) is 4.42. The topological polar surface area (TPSA) is 58.2 Å². The lowest BCUT2D eigenvalue weighted by atomic mass is 9.95. The van der Waals surface area contributed by atoms with Crippen LogP contribution in [0.15, 0.2) is 84.9 Å². The minimum Gasteiger partial charge on any atom is -0.300 e. The molecule has 1 heterocycles. The van der Waals surface area contributed by atoms with Crippen LogP contribution in [-0.2, 0) is 4.79 Å². The highest BCUT2D eigenvalue weighted by atomic mass is 32.2. The number of imide groups is 1. The zero-order chi connectivity index (χ0) is 20.2. The number of rotatable bonds is 6. The first-order valence-electron chi connectivity index (χ1n) is 9.59. The Kier molecular flexibility index (Phi) is 5.79. The number of hydrogen-bond donors (Lipinski definition) is 2. The summed E-state index contributed by atoms with van der Waals surface area (Å²) in [6.45, 7) is 2.16. The van der Waals surface area contributed by atoms with Crippen molar-refractivity contribution >= 4 is 22.9 Å². The van der Waals surface area contributed by atoms with E-state index >= 15 is 0 Å². The molecule has 3 atom stereocenters. The van der Waals surface area contributed by atoms with Gasteiger partial charge in [0.25, 0.3) is 5.24 Å². The maximum absolute atomic E-state index is 12.0. The van der Waals surface area contributed by atoms with Crippen LogP contribution in [0.4, 0.5) is 4.79 Å². The van der Waals surface area contributed by atoms with Gasteiger partial charge in [-0.15, -0.1) is 0 Å². The Morgan fingerprint density at radius 2 is 1.34 bits per heavy atom. The Bertz CT molecular complexity index is 990. The maximum atomic E-state index is 12.0. The Morgan fingerprint density at radius 3 is 1.90 bits per heavy atom. The Morgan fingerprint density at radius 1 is 0.793 bits per heavy atom. The van der Waals surface area contributed by atoms with E-state index < -0.39 is 5.25 Å². The first kappa shape index (κ1) is 19.4. The first-order valence-corrected chi connectivity index (χ1v) is 10.5. The van der Waals surface area contributed by atoms with Crippen molar-refractivity contribution in [3.63, 3.8) is 0 Å². The molecule has 0 aliphatic carbocycles. The van der Waals surface area contributed by atoms with E-state index in [2.05, 4.69) is 41.8 Å². The van der Waals surface area contributed by atoms with Crippen LogP contribution in [0.1, 0.15) is 46.5 Å². The van der Waals surface area contributed by atoms with Crippen molar-refractivity contribution in [2.75, 3.05) is 0 Å². The molecule has 29 heavy (non-hydrogen) atoms. The summed E-state index contributed by atoms with van der Waals surface area (Å²) in [7, 11) is 0. The Labute approximate surface area is 174 Å². The minimum atomic E-state index is -0.470. The normalized spacial score (nSPS) is 18.3. The number of thioether (sulfide) groups is 1. The summed E-state index contributed by atoms with van der Waals surface area (Å²) in [5.74, 6) is -0.247. The smallest absolute Gasteiger partial charge is 0.286 e. The molecule has 0 bridgehead atoms. The number of carbonyl (C=O) groups excluding carboxylic acids is 2. The molecule has 3 aromatic rings. The molecule has 4 nitrogen and oxygen atoms in total. The van der Waals surface area contributed by atoms with Crippen molar-refractivity contribution < 1.29 is 9.59 Å². The fraction of sp³-hybridized carbons (Fsp3) is 0.167. The standard InChI is InChI=1S/C24H22N2O2S/c1-16(17-8-4-2-5-9-17)25-21(18-10-6-3-7-11-18)19-12-14-20(15-13-19)22-23(27)26-24(28)29-22/h2-16,21-22,25H,1H3,(H,26,27,28)/t16-,21?,22?/m1/s1. The summed E-state index contributed by atoms with van der Waals surface area (Å²) < 4.78 is 0. The molecule has 2 unspecified atom stereocenters. The maximum Gasteiger partial charge on any atom is 0.286 e. The second-order valence-corrected chi connectivity index (χ2v) is 8.16. The molecule has 146 valence electrons. The van der Waals surface area contributed by atoms with Crippen LogP contribution in [0.25, 0.3) is 0 Å². The summed E-state index contributed by atoms with van der Waals surface area (Å²) in [5.41, 5.74) is 4.34. The van der Waals surface area contributed by atoms with Crippen molar-refractivity contribution in [2.45, 2.75) is 24.3 Å². The highest BCUT2D eigenvalue weighted by Gasteiger charge is 2.32.